The second-order valence-electron chi connectivity index (χ2n) is 5.62. The smallest absolute Gasteiger partial charge is 0.269 e. The lowest BCUT2D eigenvalue weighted by molar-refractivity contribution is -0.384. The van der Waals surface area contributed by atoms with Crippen LogP contribution in [0.3, 0.4) is 0 Å². The van der Waals surface area contributed by atoms with E-state index < -0.39 is 10.5 Å². The third kappa shape index (κ3) is 5.69. The minimum Gasteiger partial charge on any atom is -0.346 e. The van der Waals surface area contributed by atoms with Gasteiger partial charge in [-0.15, -0.1) is 12.4 Å². The first kappa shape index (κ1) is 19.3. The van der Waals surface area contributed by atoms with Crippen LogP contribution in [0.2, 0.25) is 0 Å². The van der Waals surface area contributed by atoms with Gasteiger partial charge in [0, 0.05) is 29.8 Å². The van der Waals surface area contributed by atoms with Gasteiger partial charge < -0.3 is 11.1 Å². The maximum Gasteiger partial charge on any atom is 0.269 e. The highest BCUT2D eigenvalue weighted by Gasteiger charge is 2.26. The average molecular weight is 316 g/mol. The van der Waals surface area contributed by atoms with E-state index >= 15 is 0 Å². The number of nitrogens with two attached hydrogens (primary N) is 1. The summed E-state index contributed by atoms with van der Waals surface area (Å²) in [6.45, 7) is 6.36. The Balaban J connectivity index is 0.00000400. The number of nitrogens with zero attached hydrogens (tertiary/aromatic N) is 1. The molecule has 21 heavy (non-hydrogen) atoms. The fraction of sp³-hybridized carbons (Fsp3) is 0.500. The first-order valence-electron chi connectivity index (χ1n) is 6.54. The van der Waals surface area contributed by atoms with Gasteiger partial charge >= 0.3 is 0 Å². The summed E-state index contributed by atoms with van der Waals surface area (Å²) in [5.41, 5.74) is 5.61. The van der Waals surface area contributed by atoms with E-state index in [4.69, 9.17) is 5.73 Å². The van der Waals surface area contributed by atoms with Crippen LogP contribution in [0.25, 0.3) is 0 Å². The molecule has 0 aliphatic rings. The van der Waals surface area contributed by atoms with Crippen molar-refractivity contribution in [1.29, 1.82) is 0 Å². The predicted molar refractivity (Wildman–Crippen MR) is 84.7 cm³/mol. The molecule has 1 aromatic rings. The van der Waals surface area contributed by atoms with Crippen LogP contribution in [0.5, 0.6) is 0 Å². The third-order valence-electron chi connectivity index (χ3n) is 3.06. The van der Waals surface area contributed by atoms with Gasteiger partial charge in [0.1, 0.15) is 0 Å². The predicted octanol–water partition coefficient (Wildman–Crippen LogP) is 2.51. The summed E-state index contributed by atoms with van der Waals surface area (Å²) >= 11 is 0. The molecular weight excluding hydrogens is 294 g/mol. The molecule has 0 aliphatic heterocycles. The molecule has 1 amide bonds. The first-order valence-corrected chi connectivity index (χ1v) is 6.54. The number of hydrogen-bond donors (Lipinski definition) is 2. The largest absolute Gasteiger partial charge is 0.346 e. The monoisotopic (exact) mass is 315 g/mol. The van der Waals surface area contributed by atoms with Crippen LogP contribution in [0.1, 0.15) is 37.6 Å². The Morgan fingerprint density at radius 2 is 1.90 bits per heavy atom. The quantitative estimate of drug-likeness (QED) is 0.622. The van der Waals surface area contributed by atoms with Gasteiger partial charge in [-0.3, -0.25) is 14.9 Å². The SMILES string of the molecule is CC(C)CC(C)(CN)NC(=O)c1ccc([N+](=O)[O-])cc1.Cl. The van der Waals surface area contributed by atoms with Gasteiger partial charge in [-0.25, -0.2) is 0 Å². The molecule has 0 aromatic heterocycles. The molecule has 1 aromatic carbocycles. The Kier molecular flexibility index (Phi) is 7.32. The van der Waals surface area contributed by atoms with Crippen molar-refractivity contribution >= 4 is 24.0 Å². The molecule has 0 saturated carbocycles. The molecule has 0 spiro atoms. The highest BCUT2D eigenvalue weighted by molar-refractivity contribution is 5.94. The van der Waals surface area contributed by atoms with Crippen LogP contribution in [0, 0.1) is 16.0 Å². The molecule has 0 bridgehead atoms. The minimum absolute atomic E-state index is 0. The molecular formula is C14H22ClN3O3. The Labute approximate surface area is 130 Å². The van der Waals surface area contributed by atoms with Crippen molar-refractivity contribution in [2.45, 2.75) is 32.7 Å². The van der Waals surface area contributed by atoms with Crippen molar-refractivity contribution < 1.29 is 9.72 Å². The van der Waals surface area contributed by atoms with E-state index in [1.807, 2.05) is 6.92 Å². The number of rotatable bonds is 6. The van der Waals surface area contributed by atoms with Crippen molar-refractivity contribution in [3.63, 3.8) is 0 Å². The lowest BCUT2D eigenvalue weighted by Gasteiger charge is -2.31. The van der Waals surface area contributed by atoms with E-state index in [1.54, 1.807) is 0 Å². The Bertz CT molecular complexity index is 491. The summed E-state index contributed by atoms with van der Waals surface area (Å²) in [5.74, 6) is 0.134. The fourth-order valence-electron chi connectivity index (χ4n) is 2.17. The molecule has 0 heterocycles. The summed E-state index contributed by atoms with van der Waals surface area (Å²) in [7, 11) is 0. The maximum absolute atomic E-state index is 12.1. The molecule has 1 atom stereocenters. The van der Waals surface area contributed by atoms with E-state index in [-0.39, 0.29) is 24.0 Å². The topological polar surface area (TPSA) is 98.3 Å². The molecule has 0 saturated heterocycles. The van der Waals surface area contributed by atoms with Gasteiger partial charge in [0.15, 0.2) is 0 Å². The van der Waals surface area contributed by atoms with Crippen molar-refractivity contribution in [3.05, 3.63) is 39.9 Å². The molecule has 6 nitrogen and oxygen atoms in total. The third-order valence-corrected chi connectivity index (χ3v) is 3.06. The molecule has 1 rings (SSSR count). The molecule has 118 valence electrons. The van der Waals surface area contributed by atoms with Crippen molar-refractivity contribution in [2.24, 2.45) is 11.7 Å². The minimum atomic E-state index is -0.496. The summed E-state index contributed by atoms with van der Waals surface area (Å²) in [6, 6.07) is 5.52. The lowest BCUT2D eigenvalue weighted by atomic mass is 9.90. The molecule has 0 aliphatic carbocycles. The lowest BCUT2D eigenvalue weighted by Crippen LogP contribution is -2.52. The number of nitrogens with one attached hydrogen (secondary N) is 1. The van der Waals surface area contributed by atoms with Crippen LogP contribution >= 0.6 is 12.4 Å². The van der Waals surface area contributed by atoms with Gasteiger partial charge in [0.25, 0.3) is 11.6 Å². The Morgan fingerprint density at radius 1 is 1.38 bits per heavy atom. The number of nitro benzene ring substituents is 1. The van der Waals surface area contributed by atoms with Crippen LogP contribution < -0.4 is 11.1 Å². The van der Waals surface area contributed by atoms with Crippen LogP contribution in [-0.4, -0.2) is 22.9 Å². The van der Waals surface area contributed by atoms with Gasteiger partial charge in [-0.05, 0) is 31.4 Å². The molecule has 7 heteroatoms. The highest BCUT2D eigenvalue weighted by Crippen LogP contribution is 2.17. The van der Waals surface area contributed by atoms with Crippen LogP contribution in [-0.2, 0) is 0 Å². The zero-order valence-electron chi connectivity index (χ0n) is 12.5. The Hall–Kier alpha value is -1.66. The highest BCUT2D eigenvalue weighted by atomic mass is 35.5. The molecule has 0 radical (unpaired) electrons. The van der Waals surface area contributed by atoms with E-state index in [2.05, 4.69) is 19.2 Å². The van der Waals surface area contributed by atoms with Crippen LogP contribution in [0.15, 0.2) is 24.3 Å². The van der Waals surface area contributed by atoms with E-state index in [0.29, 0.717) is 18.0 Å². The summed E-state index contributed by atoms with van der Waals surface area (Å²) in [5, 5.41) is 13.5. The van der Waals surface area contributed by atoms with Gasteiger partial charge in [0.2, 0.25) is 0 Å². The number of carbonyl (C=O) groups is 1. The number of nitro groups is 1. The van der Waals surface area contributed by atoms with E-state index in [1.165, 1.54) is 24.3 Å². The molecule has 0 fully saturated rings. The van der Waals surface area contributed by atoms with Crippen LogP contribution in [0.4, 0.5) is 5.69 Å². The number of benzene rings is 1. The number of amides is 1. The molecule has 1 unspecified atom stereocenters. The van der Waals surface area contributed by atoms with Gasteiger partial charge in [-0.1, -0.05) is 13.8 Å². The number of non-ortho nitro benzene ring substituents is 1. The van der Waals surface area contributed by atoms with E-state index in [0.717, 1.165) is 6.42 Å². The second-order valence-corrected chi connectivity index (χ2v) is 5.62. The van der Waals surface area contributed by atoms with Crippen molar-refractivity contribution in [3.8, 4) is 0 Å². The number of halogens is 1. The zero-order valence-corrected chi connectivity index (χ0v) is 13.3. The zero-order chi connectivity index (χ0) is 15.3. The van der Waals surface area contributed by atoms with Gasteiger partial charge in [0.05, 0.1) is 4.92 Å². The normalized spacial score (nSPS) is 13.2. The summed E-state index contributed by atoms with van der Waals surface area (Å²) < 4.78 is 0. The molecule has 3 N–H and O–H groups in total. The number of carbonyl (C=O) groups excluding carboxylic acids is 1. The van der Waals surface area contributed by atoms with E-state index in [9.17, 15) is 14.9 Å². The second kappa shape index (κ2) is 7.95. The summed E-state index contributed by atoms with van der Waals surface area (Å²) in [6.07, 6.45) is 0.766. The van der Waals surface area contributed by atoms with Crippen molar-refractivity contribution in [1.82, 2.24) is 5.32 Å². The first-order chi connectivity index (χ1) is 9.27. The standard InChI is InChI=1S/C14H21N3O3.ClH/c1-10(2)8-14(3,9-15)16-13(18)11-4-6-12(7-5-11)17(19)20;/h4-7,10H,8-9,15H2,1-3H3,(H,16,18);1H. The maximum atomic E-state index is 12.1. The Morgan fingerprint density at radius 3 is 2.29 bits per heavy atom. The summed E-state index contributed by atoms with van der Waals surface area (Å²) in [4.78, 5) is 22.2. The van der Waals surface area contributed by atoms with Crippen molar-refractivity contribution in [2.75, 3.05) is 6.54 Å². The number of hydrogen-bond acceptors (Lipinski definition) is 4. The van der Waals surface area contributed by atoms with Gasteiger partial charge in [-0.2, -0.15) is 0 Å². The fourth-order valence-corrected chi connectivity index (χ4v) is 2.17. The average Bonchev–Trinajstić information content (AvgIpc) is 2.37.